The number of rotatable bonds is 2. The molecule has 8 atom stereocenters. The van der Waals surface area contributed by atoms with Crippen LogP contribution in [0.2, 0.25) is 0 Å². The predicted molar refractivity (Wildman–Crippen MR) is 85.5 cm³/mol. The largest absolute Gasteiger partial charge is 0.550 e. The van der Waals surface area contributed by atoms with Gasteiger partial charge >= 0.3 is 0 Å². The molecule has 4 saturated carbocycles. The summed E-state index contributed by atoms with van der Waals surface area (Å²) < 4.78 is 0. The van der Waals surface area contributed by atoms with Gasteiger partial charge in [0.05, 0.1) is 6.10 Å². The van der Waals surface area contributed by atoms with E-state index in [-0.39, 0.29) is 12.3 Å². The second kappa shape index (κ2) is 4.87. The lowest BCUT2D eigenvalue weighted by Crippen LogP contribution is -2.58. The highest BCUT2D eigenvalue weighted by Crippen LogP contribution is 2.77. The zero-order chi connectivity index (χ0) is 18.4. The quantitative estimate of drug-likeness (QED) is 0.723. The van der Waals surface area contributed by atoms with Crippen molar-refractivity contribution in [1.82, 2.24) is 0 Å². The van der Waals surface area contributed by atoms with Crippen molar-refractivity contribution in [3.05, 3.63) is 12.2 Å². The van der Waals surface area contributed by atoms with Crippen LogP contribution in [-0.2, 0) is 9.59 Å². The number of aliphatic hydroxyl groups is 1. The Bertz CT molecular complexity index is 671. The van der Waals surface area contributed by atoms with Crippen LogP contribution in [0.5, 0.6) is 0 Å². The number of hydrogen-bond donors (Lipinski definition) is 1. The van der Waals surface area contributed by atoms with E-state index >= 15 is 0 Å². The molecular weight excluding hydrogens is 320 g/mol. The number of aliphatic carboxylic acids is 2. The minimum absolute atomic E-state index is 0.0482. The highest BCUT2D eigenvalue weighted by atomic mass is 16.4. The second-order valence-corrected chi connectivity index (χ2v) is 9.65. The molecular formula is C20H26O5-2. The summed E-state index contributed by atoms with van der Waals surface area (Å²) in [5, 5.41) is 34.9. The summed E-state index contributed by atoms with van der Waals surface area (Å²) in [4.78, 5) is 24.4. The number of carboxylic acids is 2. The van der Waals surface area contributed by atoms with Gasteiger partial charge in [0, 0.05) is 23.3 Å². The van der Waals surface area contributed by atoms with Crippen LogP contribution in [0.1, 0.15) is 52.4 Å². The first kappa shape index (κ1) is 17.1. The van der Waals surface area contributed by atoms with Crippen LogP contribution >= 0.6 is 0 Å². The number of carbonyl (C=O) groups is 2. The van der Waals surface area contributed by atoms with E-state index in [0.717, 1.165) is 24.8 Å². The normalized spacial score (nSPS) is 54.0. The maximum absolute atomic E-state index is 12.3. The third-order valence-electron chi connectivity index (χ3n) is 8.46. The molecule has 0 unspecified atom stereocenters. The molecule has 0 heterocycles. The first-order chi connectivity index (χ1) is 11.6. The van der Waals surface area contributed by atoms with Gasteiger partial charge in [-0.25, -0.2) is 0 Å². The maximum Gasteiger partial charge on any atom is 0.0554 e. The van der Waals surface area contributed by atoms with Crippen LogP contribution in [-0.4, -0.2) is 23.1 Å². The molecule has 1 N–H and O–H groups in total. The fraction of sp³-hybridized carbons (Fsp3) is 0.800. The van der Waals surface area contributed by atoms with Gasteiger partial charge in [-0.2, -0.15) is 0 Å². The molecule has 0 aromatic carbocycles. The zero-order valence-corrected chi connectivity index (χ0v) is 14.9. The van der Waals surface area contributed by atoms with E-state index in [1.165, 1.54) is 0 Å². The second-order valence-electron chi connectivity index (χ2n) is 9.65. The zero-order valence-electron chi connectivity index (χ0n) is 14.9. The summed E-state index contributed by atoms with van der Waals surface area (Å²) in [5.41, 5.74) is -1.26. The van der Waals surface area contributed by atoms with Crippen molar-refractivity contribution in [1.29, 1.82) is 0 Å². The van der Waals surface area contributed by atoms with Crippen molar-refractivity contribution >= 4 is 11.9 Å². The molecule has 0 amide bonds. The monoisotopic (exact) mass is 346 g/mol. The summed E-state index contributed by atoms with van der Waals surface area (Å²) in [6, 6.07) is 0. The van der Waals surface area contributed by atoms with Crippen molar-refractivity contribution in [3.63, 3.8) is 0 Å². The summed E-state index contributed by atoms with van der Waals surface area (Å²) in [6.07, 6.45) is 3.01. The minimum Gasteiger partial charge on any atom is -0.550 e. The number of hydrogen-bond acceptors (Lipinski definition) is 5. The highest BCUT2D eigenvalue weighted by molar-refractivity contribution is 5.77. The van der Waals surface area contributed by atoms with Crippen LogP contribution in [0.15, 0.2) is 12.2 Å². The van der Waals surface area contributed by atoms with E-state index in [2.05, 4.69) is 6.58 Å². The first-order valence-corrected chi connectivity index (χ1v) is 9.34. The molecule has 2 bridgehead atoms. The van der Waals surface area contributed by atoms with E-state index in [1.807, 2.05) is 6.92 Å². The molecule has 0 aromatic rings. The number of carboxylic acid groups (broad SMARTS) is 2. The Balaban J connectivity index is 1.94. The average Bonchev–Trinajstić information content (AvgIpc) is 2.86. The smallest absolute Gasteiger partial charge is 0.0554 e. The Morgan fingerprint density at radius 1 is 1.16 bits per heavy atom. The van der Waals surface area contributed by atoms with Gasteiger partial charge in [0.25, 0.3) is 0 Å². The van der Waals surface area contributed by atoms with Gasteiger partial charge in [-0.1, -0.05) is 26.0 Å². The van der Waals surface area contributed by atoms with Crippen molar-refractivity contribution in [2.24, 2.45) is 39.9 Å². The molecule has 4 fully saturated rings. The lowest BCUT2D eigenvalue weighted by molar-refractivity contribution is -0.332. The Labute approximate surface area is 148 Å². The Kier molecular flexibility index (Phi) is 3.33. The maximum atomic E-state index is 12.3. The SMILES string of the molecule is C=C1C[C@]23C[C@H]1CC[C@H]2[C@]1(C)C[C@H](O)C[C@@](C)(C(=O)[O-])[C@H]1[C@@H]3C(=O)[O-]. The molecule has 4 rings (SSSR count). The first-order valence-electron chi connectivity index (χ1n) is 9.34. The van der Waals surface area contributed by atoms with Crippen molar-refractivity contribution in [2.75, 3.05) is 0 Å². The van der Waals surface area contributed by atoms with E-state index in [9.17, 15) is 24.9 Å². The van der Waals surface area contributed by atoms with Gasteiger partial charge in [0.1, 0.15) is 0 Å². The molecule has 5 heteroatoms. The topological polar surface area (TPSA) is 100 Å². The molecule has 1 spiro atoms. The summed E-state index contributed by atoms with van der Waals surface area (Å²) in [6.45, 7) is 7.75. The predicted octanol–water partition coefficient (Wildman–Crippen LogP) is 0.262. The van der Waals surface area contributed by atoms with Gasteiger partial charge in [0.2, 0.25) is 0 Å². The van der Waals surface area contributed by atoms with Crippen molar-refractivity contribution in [2.45, 2.75) is 58.5 Å². The lowest BCUT2D eigenvalue weighted by atomic mass is 9.52. The third kappa shape index (κ3) is 1.88. The van der Waals surface area contributed by atoms with Gasteiger partial charge in [-0.3, -0.25) is 0 Å². The van der Waals surface area contributed by atoms with Crippen molar-refractivity contribution < 1.29 is 24.9 Å². The highest BCUT2D eigenvalue weighted by Gasteiger charge is 2.73. The van der Waals surface area contributed by atoms with Crippen LogP contribution in [0.4, 0.5) is 0 Å². The molecule has 5 nitrogen and oxygen atoms in total. The molecule has 138 valence electrons. The Morgan fingerprint density at radius 3 is 2.44 bits per heavy atom. The van der Waals surface area contributed by atoms with E-state index in [1.54, 1.807) is 6.92 Å². The molecule has 0 saturated heterocycles. The number of carbonyl (C=O) groups excluding carboxylic acids is 2. The molecule has 0 radical (unpaired) electrons. The van der Waals surface area contributed by atoms with Crippen LogP contribution in [0, 0.1) is 39.9 Å². The van der Waals surface area contributed by atoms with Gasteiger partial charge in [0.15, 0.2) is 0 Å². The van der Waals surface area contributed by atoms with Crippen LogP contribution in [0.3, 0.4) is 0 Å². The summed E-state index contributed by atoms with van der Waals surface area (Å²) in [5.74, 6) is -3.37. The van der Waals surface area contributed by atoms with Crippen LogP contribution < -0.4 is 10.2 Å². The third-order valence-corrected chi connectivity index (χ3v) is 8.46. The van der Waals surface area contributed by atoms with Gasteiger partial charge in [-0.05, 0) is 67.1 Å². The minimum atomic E-state index is -1.36. The lowest BCUT2D eigenvalue weighted by Gasteiger charge is -2.54. The number of fused-ring (bicyclic) bond motifs is 3. The average molecular weight is 346 g/mol. The van der Waals surface area contributed by atoms with E-state index < -0.39 is 46.1 Å². The summed E-state index contributed by atoms with van der Waals surface area (Å²) >= 11 is 0. The van der Waals surface area contributed by atoms with Crippen molar-refractivity contribution in [3.8, 4) is 0 Å². The van der Waals surface area contributed by atoms with E-state index in [4.69, 9.17) is 0 Å². The molecule has 0 aliphatic heterocycles. The molecule has 4 aliphatic carbocycles. The fourth-order valence-corrected chi connectivity index (χ4v) is 7.98. The molecule has 0 aromatic heterocycles. The van der Waals surface area contributed by atoms with Crippen LogP contribution in [0.25, 0.3) is 0 Å². The fourth-order valence-electron chi connectivity index (χ4n) is 7.98. The van der Waals surface area contributed by atoms with E-state index in [0.29, 0.717) is 18.8 Å². The number of aliphatic hydroxyl groups excluding tert-OH is 1. The standard InChI is InChI=1S/C20H28O5/c1-10-6-20-7-11(10)4-5-13(20)18(2)8-12(21)9-19(3,17(24)25)15(18)14(20)16(22)23/h11-15,21H,1,4-9H2,2-3H3,(H,22,23)(H,24,25)/p-2/t11-,12+,13+,14-,15+,18+,19-,20+/m1/s1. The molecule has 4 aliphatic rings. The van der Waals surface area contributed by atoms with Gasteiger partial charge in [-0.15, -0.1) is 0 Å². The number of allylic oxidation sites excluding steroid dienone is 1. The molecule has 25 heavy (non-hydrogen) atoms. The Morgan fingerprint density at radius 2 is 1.84 bits per heavy atom. The Hall–Kier alpha value is -1.36. The summed E-state index contributed by atoms with van der Waals surface area (Å²) in [7, 11) is 0. The van der Waals surface area contributed by atoms with Gasteiger partial charge < -0.3 is 24.9 Å².